The van der Waals surface area contributed by atoms with Crippen molar-refractivity contribution in [2.24, 2.45) is 0 Å². The van der Waals surface area contributed by atoms with Crippen molar-refractivity contribution in [1.82, 2.24) is 0 Å². The van der Waals surface area contributed by atoms with Gasteiger partial charge < -0.3 is 4.74 Å². The van der Waals surface area contributed by atoms with Crippen molar-refractivity contribution in [1.29, 1.82) is 0 Å². The minimum Gasteiger partial charge on any atom is -0.465 e. The molecule has 1 atom stereocenters. The topological polar surface area (TPSA) is 26.3 Å². The van der Waals surface area contributed by atoms with Crippen LogP contribution in [0, 0.1) is 5.82 Å². The molecule has 14 heavy (non-hydrogen) atoms. The van der Waals surface area contributed by atoms with Gasteiger partial charge in [-0.2, -0.15) is 0 Å². The summed E-state index contributed by atoms with van der Waals surface area (Å²) >= 11 is 3.18. The minimum atomic E-state index is -0.525. The summed E-state index contributed by atoms with van der Waals surface area (Å²) < 4.78 is 17.4. The van der Waals surface area contributed by atoms with Crippen LogP contribution in [0.25, 0.3) is 0 Å². The number of hydrogen-bond donors (Lipinski definition) is 0. The maximum absolute atomic E-state index is 12.6. The fraction of sp³-hybridized carbons (Fsp3) is 0.300. The molecule has 4 heteroatoms. The predicted octanol–water partition coefficient (Wildman–Crippen LogP) is 2.82. The Morgan fingerprint density at radius 3 is 2.57 bits per heavy atom. The van der Waals surface area contributed by atoms with Crippen LogP contribution in [0.1, 0.15) is 17.3 Å². The average molecular weight is 261 g/mol. The number of alkyl halides is 1. The van der Waals surface area contributed by atoms with E-state index >= 15 is 0 Å². The van der Waals surface area contributed by atoms with E-state index in [9.17, 15) is 9.18 Å². The van der Waals surface area contributed by atoms with Gasteiger partial charge in [-0.15, -0.1) is 0 Å². The summed E-state index contributed by atoms with van der Waals surface area (Å²) in [4.78, 5) is 10.7. The molecule has 0 unspecified atom stereocenters. The van der Waals surface area contributed by atoms with Gasteiger partial charge in [-0.1, -0.05) is 28.1 Å². The molecule has 0 spiro atoms. The Morgan fingerprint density at radius 2 is 2.07 bits per heavy atom. The van der Waals surface area contributed by atoms with Gasteiger partial charge >= 0.3 is 5.97 Å². The van der Waals surface area contributed by atoms with Crippen molar-refractivity contribution >= 4 is 21.9 Å². The van der Waals surface area contributed by atoms with Crippen LogP contribution in [0.4, 0.5) is 4.39 Å². The predicted molar refractivity (Wildman–Crippen MR) is 54.7 cm³/mol. The normalized spacial score (nSPS) is 12.2. The van der Waals surface area contributed by atoms with Gasteiger partial charge in [0.25, 0.3) is 0 Å². The Kier molecular flexibility index (Phi) is 4.07. The van der Waals surface area contributed by atoms with Crippen molar-refractivity contribution in [3.8, 4) is 0 Å². The molecule has 0 heterocycles. The second-order valence-corrected chi connectivity index (χ2v) is 3.58. The van der Waals surface area contributed by atoms with Gasteiger partial charge in [0.1, 0.15) is 10.6 Å². The maximum Gasteiger partial charge on any atom is 0.324 e. The Labute approximate surface area is 90.2 Å². The summed E-state index contributed by atoms with van der Waals surface area (Å²) in [6.07, 6.45) is 0. The maximum atomic E-state index is 12.6. The third kappa shape index (κ3) is 2.80. The molecule has 1 aromatic carbocycles. The van der Waals surface area contributed by atoms with Gasteiger partial charge in [0.15, 0.2) is 0 Å². The van der Waals surface area contributed by atoms with E-state index in [1.165, 1.54) is 12.1 Å². The van der Waals surface area contributed by atoms with Crippen LogP contribution in [0.15, 0.2) is 24.3 Å². The molecular formula is C10H10BrFO2. The zero-order chi connectivity index (χ0) is 10.6. The SMILES string of the molecule is CCOC(=O)[C@H](Br)c1ccc(F)cc1. The molecule has 0 fully saturated rings. The standard InChI is InChI=1S/C10H10BrFO2/c1-2-14-10(13)9(11)7-3-5-8(12)6-4-7/h3-6,9H,2H2,1H3/t9-/m1/s1. The highest BCUT2D eigenvalue weighted by Crippen LogP contribution is 2.24. The van der Waals surface area contributed by atoms with Gasteiger partial charge in [-0.3, -0.25) is 4.79 Å². The van der Waals surface area contributed by atoms with E-state index in [2.05, 4.69) is 15.9 Å². The van der Waals surface area contributed by atoms with Crippen molar-refractivity contribution in [3.63, 3.8) is 0 Å². The molecule has 0 radical (unpaired) electrons. The van der Waals surface area contributed by atoms with E-state index in [1.807, 2.05) is 0 Å². The molecule has 0 saturated heterocycles. The molecule has 0 aliphatic carbocycles. The number of esters is 1. The number of hydrogen-bond acceptors (Lipinski definition) is 2. The van der Waals surface area contributed by atoms with Gasteiger partial charge in [0.05, 0.1) is 6.61 Å². The van der Waals surface area contributed by atoms with Crippen molar-refractivity contribution in [3.05, 3.63) is 35.6 Å². The van der Waals surface area contributed by atoms with Gasteiger partial charge in [0.2, 0.25) is 0 Å². The first kappa shape index (κ1) is 11.2. The number of carbonyl (C=O) groups is 1. The number of carbonyl (C=O) groups excluding carboxylic acids is 1. The van der Waals surface area contributed by atoms with E-state index in [-0.39, 0.29) is 11.8 Å². The van der Waals surface area contributed by atoms with Crippen LogP contribution in [-0.2, 0) is 9.53 Å². The second-order valence-electron chi connectivity index (χ2n) is 2.67. The molecule has 0 N–H and O–H groups in total. The van der Waals surface area contributed by atoms with Crippen molar-refractivity contribution in [2.75, 3.05) is 6.61 Å². The van der Waals surface area contributed by atoms with Crippen LogP contribution in [0.3, 0.4) is 0 Å². The summed E-state index contributed by atoms with van der Waals surface area (Å²) in [6, 6.07) is 5.71. The Bertz CT molecular complexity index is 310. The molecule has 0 aliphatic rings. The molecule has 76 valence electrons. The van der Waals surface area contributed by atoms with Crippen LogP contribution in [0.2, 0.25) is 0 Å². The highest BCUT2D eigenvalue weighted by molar-refractivity contribution is 9.09. The Hall–Kier alpha value is -0.900. The van der Waals surface area contributed by atoms with E-state index in [1.54, 1.807) is 19.1 Å². The fourth-order valence-electron chi connectivity index (χ4n) is 0.983. The monoisotopic (exact) mass is 260 g/mol. The zero-order valence-corrected chi connectivity index (χ0v) is 9.25. The lowest BCUT2D eigenvalue weighted by atomic mass is 10.1. The second kappa shape index (κ2) is 5.10. The van der Waals surface area contributed by atoms with Gasteiger partial charge in [-0.05, 0) is 24.6 Å². The Morgan fingerprint density at radius 1 is 1.50 bits per heavy atom. The number of rotatable bonds is 3. The molecule has 0 bridgehead atoms. The van der Waals surface area contributed by atoms with Crippen molar-refractivity contribution < 1.29 is 13.9 Å². The summed E-state index contributed by atoms with van der Waals surface area (Å²) in [5, 5.41) is 0. The zero-order valence-electron chi connectivity index (χ0n) is 7.67. The van der Waals surface area contributed by atoms with E-state index in [0.29, 0.717) is 12.2 Å². The lowest BCUT2D eigenvalue weighted by molar-refractivity contribution is -0.142. The Balaban J connectivity index is 2.73. The first-order valence-corrected chi connectivity index (χ1v) is 5.13. The highest BCUT2D eigenvalue weighted by Gasteiger charge is 2.17. The summed E-state index contributed by atoms with van der Waals surface area (Å²) in [7, 11) is 0. The van der Waals surface area contributed by atoms with Crippen LogP contribution < -0.4 is 0 Å². The molecule has 0 aromatic heterocycles. The molecule has 0 aliphatic heterocycles. The van der Waals surface area contributed by atoms with Crippen LogP contribution in [-0.4, -0.2) is 12.6 Å². The number of benzene rings is 1. The third-order valence-electron chi connectivity index (χ3n) is 1.66. The molecule has 0 amide bonds. The van der Waals surface area contributed by atoms with Gasteiger partial charge in [0, 0.05) is 0 Å². The lowest BCUT2D eigenvalue weighted by Crippen LogP contribution is -2.10. The highest BCUT2D eigenvalue weighted by atomic mass is 79.9. The molecule has 0 saturated carbocycles. The van der Waals surface area contributed by atoms with Crippen LogP contribution in [0.5, 0.6) is 0 Å². The summed E-state index contributed by atoms with van der Waals surface area (Å²) in [5.74, 6) is -0.684. The van der Waals surface area contributed by atoms with Crippen LogP contribution >= 0.6 is 15.9 Å². The van der Waals surface area contributed by atoms with E-state index in [0.717, 1.165) is 0 Å². The number of halogens is 2. The average Bonchev–Trinajstić information content (AvgIpc) is 2.18. The summed E-state index contributed by atoms with van der Waals surface area (Å²) in [5.41, 5.74) is 0.685. The third-order valence-corrected chi connectivity index (χ3v) is 2.56. The molecule has 1 aromatic rings. The summed E-state index contributed by atoms with van der Waals surface area (Å²) in [6.45, 7) is 2.07. The fourth-order valence-corrected chi connectivity index (χ4v) is 1.42. The number of ether oxygens (including phenoxy) is 1. The largest absolute Gasteiger partial charge is 0.465 e. The lowest BCUT2D eigenvalue weighted by Gasteiger charge is -2.08. The first-order valence-electron chi connectivity index (χ1n) is 4.21. The molecular weight excluding hydrogens is 251 g/mol. The van der Waals surface area contributed by atoms with Crippen molar-refractivity contribution in [2.45, 2.75) is 11.8 Å². The smallest absolute Gasteiger partial charge is 0.324 e. The quantitative estimate of drug-likeness (QED) is 0.617. The molecule has 2 nitrogen and oxygen atoms in total. The van der Waals surface area contributed by atoms with E-state index < -0.39 is 4.83 Å². The van der Waals surface area contributed by atoms with Gasteiger partial charge in [-0.25, -0.2) is 4.39 Å². The van der Waals surface area contributed by atoms with E-state index in [4.69, 9.17) is 4.74 Å². The minimum absolute atomic E-state index is 0.322. The molecule has 1 rings (SSSR count). The first-order chi connectivity index (χ1) is 6.65.